The van der Waals surface area contributed by atoms with Gasteiger partial charge in [-0.05, 0) is 29.5 Å². The smallest absolute Gasteiger partial charge is 0.264 e. The molecule has 1 unspecified atom stereocenters. The number of benzene rings is 1. The molecule has 4 amide bonds. The molecule has 0 aliphatic carbocycles. The molecule has 0 spiro atoms. The van der Waals surface area contributed by atoms with Crippen molar-refractivity contribution in [1.82, 2.24) is 10.2 Å². The van der Waals surface area contributed by atoms with E-state index < -0.39 is 29.7 Å². The fourth-order valence-corrected chi connectivity index (χ4v) is 3.06. The Morgan fingerprint density at radius 3 is 2.38 bits per heavy atom. The summed E-state index contributed by atoms with van der Waals surface area (Å²) >= 11 is 0. The molecule has 0 bridgehead atoms. The van der Waals surface area contributed by atoms with Crippen LogP contribution in [0.4, 0.5) is 5.69 Å². The van der Waals surface area contributed by atoms with Crippen molar-refractivity contribution in [3.05, 3.63) is 28.8 Å². The maximum atomic E-state index is 12.7. The van der Waals surface area contributed by atoms with Gasteiger partial charge < -0.3 is 5.73 Å². The number of amides is 4. The fourth-order valence-electron chi connectivity index (χ4n) is 3.06. The summed E-state index contributed by atoms with van der Waals surface area (Å²) in [5, 5.41) is 2.17. The van der Waals surface area contributed by atoms with Gasteiger partial charge in [-0.2, -0.15) is 0 Å². The molecule has 1 atom stereocenters. The molecular weight excluding hydrogens is 310 g/mol. The van der Waals surface area contributed by atoms with Gasteiger partial charge in [0, 0.05) is 12.1 Å². The molecule has 2 aliphatic rings. The lowest BCUT2D eigenvalue weighted by molar-refractivity contribution is -0.136. The number of hydrogen-bond donors (Lipinski definition) is 2. The number of carbonyl (C=O) groups is 4. The molecule has 3 rings (SSSR count). The Kier molecular flexibility index (Phi) is 3.47. The molecule has 1 aromatic carbocycles. The van der Waals surface area contributed by atoms with Crippen LogP contribution in [0.25, 0.3) is 0 Å². The highest BCUT2D eigenvalue weighted by Crippen LogP contribution is 2.35. The Balaban J connectivity index is 2.04. The largest absolute Gasteiger partial charge is 0.398 e. The lowest BCUT2D eigenvalue weighted by atomic mass is 9.85. The van der Waals surface area contributed by atoms with Crippen LogP contribution in [-0.4, -0.2) is 34.6 Å². The number of piperidine rings is 1. The molecule has 126 valence electrons. The highest BCUT2D eigenvalue weighted by Gasteiger charge is 2.45. The predicted octanol–water partition coefficient (Wildman–Crippen LogP) is 0.968. The summed E-state index contributed by atoms with van der Waals surface area (Å²) in [6.45, 7) is 5.94. The van der Waals surface area contributed by atoms with Crippen molar-refractivity contribution in [3.63, 3.8) is 0 Å². The molecule has 0 saturated carbocycles. The number of nitrogens with two attached hydrogens (primary N) is 1. The average Bonchev–Trinajstić information content (AvgIpc) is 2.71. The van der Waals surface area contributed by atoms with Crippen LogP contribution < -0.4 is 11.1 Å². The Morgan fingerprint density at radius 2 is 1.79 bits per heavy atom. The molecule has 0 aromatic heterocycles. The van der Waals surface area contributed by atoms with Crippen molar-refractivity contribution in [1.29, 1.82) is 0 Å². The van der Waals surface area contributed by atoms with Crippen molar-refractivity contribution >= 4 is 29.3 Å². The number of fused-ring (bicyclic) bond motifs is 1. The van der Waals surface area contributed by atoms with Crippen LogP contribution in [0.2, 0.25) is 0 Å². The van der Waals surface area contributed by atoms with Crippen LogP contribution in [0, 0.1) is 0 Å². The van der Waals surface area contributed by atoms with E-state index in [-0.39, 0.29) is 35.1 Å². The SMILES string of the molecule is CC(C)(C)c1cc(N)c2c(c1)C(=O)N(C1CCC(=O)NC1=O)C2=O. The van der Waals surface area contributed by atoms with Crippen LogP contribution in [0.3, 0.4) is 0 Å². The minimum atomic E-state index is -0.979. The number of nitrogens with one attached hydrogen (secondary N) is 1. The second-order valence-electron chi connectivity index (χ2n) is 7.19. The molecular formula is C17H19N3O4. The van der Waals surface area contributed by atoms with E-state index in [1.807, 2.05) is 20.8 Å². The van der Waals surface area contributed by atoms with Crippen molar-refractivity contribution in [2.45, 2.75) is 45.1 Å². The molecule has 7 heteroatoms. The van der Waals surface area contributed by atoms with Crippen LogP contribution in [-0.2, 0) is 15.0 Å². The third-order valence-corrected chi connectivity index (χ3v) is 4.44. The molecule has 24 heavy (non-hydrogen) atoms. The van der Waals surface area contributed by atoms with Gasteiger partial charge in [0.1, 0.15) is 6.04 Å². The highest BCUT2D eigenvalue weighted by molar-refractivity contribution is 6.25. The van der Waals surface area contributed by atoms with Crippen LogP contribution >= 0.6 is 0 Å². The first-order valence-electron chi connectivity index (χ1n) is 7.77. The van der Waals surface area contributed by atoms with E-state index >= 15 is 0 Å². The second kappa shape index (κ2) is 5.15. The quantitative estimate of drug-likeness (QED) is 0.589. The summed E-state index contributed by atoms with van der Waals surface area (Å²) in [6.07, 6.45) is 0.217. The maximum absolute atomic E-state index is 12.7. The summed E-state index contributed by atoms with van der Waals surface area (Å²) in [5.74, 6) is -2.15. The van der Waals surface area contributed by atoms with Crippen molar-refractivity contribution in [2.75, 3.05) is 5.73 Å². The topological polar surface area (TPSA) is 110 Å². The molecule has 1 fully saturated rings. The first-order valence-corrected chi connectivity index (χ1v) is 7.77. The molecule has 2 aliphatic heterocycles. The molecule has 0 radical (unpaired) electrons. The third-order valence-electron chi connectivity index (χ3n) is 4.44. The van der Waals surface area contributed by atoms with E-state index in [0.29, 0.717) is 0 Å². The standard InChI is InChI=1S/C17H19N3O4/c1-17(2,3)8-6-9-13(10(18)7-8)16(24)20(15(9)23)11-4-5-12(21)19-14(11)22/h6-7,11H,4-5,18H2,1-3H3,(H,19,21,22). The van der Waals surface area contributed by atoms with Crippen LogP contribution in [0.1, 0.15) is 59.9 Å². The monoisotopic (exact) mass is 329 g/mol. The first-order chi connectivity index (χ1) is 11.1. The van der Waals surface area contributed by atoms with Gasteiger partial charge in [0.15, 0.2) is 0 Å². The summed E-state index contributed by atoms with van der Waals surface area (Å²) in [5.41, 5.74) is 7.19. The summed E-state index contributed by atoms with van der Waals surface area (Å²) in [7, 11) is 0. The van der Waals surface area contributed by atoms with E-state index in [1.165, 1.54) is 0 Å². The van der Waals surface area contributed by atoms with Gasteiger partial charge in [0.05, 0.1) is 11.1 Å². The van der Waals surface area contributed by atoms with E-state index in [9.17, 15) is 19.2 Å². The molecule has 3 N–H and O–H groups in total. The zero-order valence-electron chi connectivity index (χ0n) is 13.8. The lowest BCUT2D eigenvalue weighted by Crippen LogP contribution is -2.54. The van der Waals surface area contributed by atoms with Gasteiger partial charge >= 0.3 is 0 Å². The van der Waals surface area contributed by atoms with Crippen molar-refractivity contribution in [2.24, 2.45) is 0 Å². The number of anilines is 1. The summed E-state index contributed by atoms with van der Waals surface area (Å²) in [6, 6.07) is 2.38. The van der Waals surface area contributed by atoms with Gasteiger partial charge in [-0.1, -0.05) is 20.8 Å². The van der Waals surface area contributed by atoms with Gasteiger partial charge in [-0.15, -0.1) is 0 Å². The Bertz CT molecular complexity index is 792. The van der Waals surface area contributed by atoms with Gasteiger partial charge in [-0.25, -0.2) is 0 Å². The third kappa shape index (κ3) is 2.36. The normalized spacial score (nSPS) is 21.1. The van der Waals surface area contributed by atoms with Gasteiger partial charge in [0.25, 0.3) is 11.8 Å². The maximum Gasteiger partial charge on any atom is 0.264 e. The zero-order valence-corrected chi connectivity index (χ0v) is 13.8. The molecule has 7 nitrogen and oxygen atoms in total. The number of rotatable bonds is 1. The number of imide groups is 2. The number of nitrogens with zero attached hydrogens (tertiary/aromatic N) is 1. The average molecular weight is 329 g/mol. The Morgan fingerprint density at radius 1 is 1.12 bits per heavy atom. The zero-order chi connectivity index (χ0) is 17.8. The number of carbonyl (C=O) groups excluding carboxylic acids is 4. The highest BCUT2D eigenvalue weighted by atomic mass is 16.2. The Labute approximate surface area is 139 Å². The minimum absolute atomic E-state index is 0.0898. The number of nitrogen functional groups attached to an aromatic ring is 1. The van der Waals surface area contributed by atoms with E-state index in [0.717, 1.165) is 10.5 Å². The van der Waals surface area contributed by atoms with E-state index in [2.05, 4.69) is 5.32 Å². The molecule has 2 heterocycles. The number of hydrogen-bond acceptors (Lipinski definition) is 5. The minimum Gasteiger partial charge on any atom is -0.398 e. The Hall–Kier alpha value is -2.70. The van der Waals surface area contributed by atoms with Gasteiger partial charge in [-0.3, -0.25) is 29.4 Å². The summed E-state index contributed by atoms with van der Waals surface area (Å²) in [4.78, 5) is 49.7. The second-order valence-corrected chi connectivity index (χ2v) is 7.19. The van der Waals surface area contributed by atoms with Crippen LogP contribution in [0.15, 0.2) is 12.1 Å². The summed E-state index contributed by atoms with van der Waals surface area (Å²) < 4.78 is 0. The van der Waals surface area contributed by atoms with Crippen molar-refractivity contribution < 1.29 is 19.2 Å². The van der Waals surface area contributed by atoms with E-state index in [4.69, 9.17) is 5.73 Å². The molecule has 1 aromatic rings. The van der Waals surface area contributed by atoms with Gasteiger partial charge in [0.2, 0.25) is 11.8 Å². The lowest BCUT2D eigenvalue weighted by Gasteiger charge is -2.27. The molecule has 1 saturated heterocycles. The predicted molar refractivity (Wildman–Crippen MR) is 86.2 cm³/mol. The van der Waals surface area contributed by atoms with E-state index in [1.54, 1.807) is 12.1 Å². The van der Waals surface area contributed by atoms with Crippen molar-refractivity contribution in [3.8, 4) is 0 Å². The fraction of sp³-hybridized carbons (Fsp3) is 0.412. The van der Waals surface area contributed by atoms with Crippen LogP contribution in [0.5, 0.6) is 0 Å². The first kappa shape index (κ1) is 16.2.